The van der Waals surface area contributed by atoms with Gasteiger partial charge < -0.3 is 20.3 Å². The van der Waals surface area contributed by atoms with E-state index in [1.165, 1.54) is 5.69 Å². The monoisotopic (exact) mass is 346 g/mol. The Kier molecular flexibility index (Phi) is 5.81. The molecule has 6 nitrogen and oxygen atoms in total. The van der Waals surface area contributed by atoms with E-state index in [4.69, 9.17) is 4.74 Å². The zero-order chi connectivity index (χ0) is 17.8. The van der Waals surface area contributed by atoms with Crippen molar-refractivity contribution in [2.24, 2.45) is 0 Å². The third-order valence-electron chi connectivity index (χ3n) is 5.12. The second-order valence-corrected chi connectivity index (χ2v) is 7.27. The van der Waals surface area contributed by atoms with E-state index in [1.807, 2.05) is 13.0 Å². The number of hydrogen-bond donors (Lipinski definition) is 2. The maximum Gasteiger partial charge on any atom is 0.319 e. The standard InChI is InChI=1S/C19H30N4O2/c1-14(2)23-7-6-16(13-23)20-19(24)21-18-5-4-17(12-15(18)3)22-8-10-25-11-9-22/h4-5,12,14,16H,6-11,13H2,1-3H3,(H2,20,21,24)/t16-/m0/s1. The summed E-state index contributed by atoms with van der Waals surface area (Å²) in [5.74, 6) is 0. The van der Waals surface area contributed by atoms with Gasteiger partial charge in [-0.05, 0) is 51.0 Å². The highest BCUT2D eigenvalue weighted by Gasteiger charge is 2.25. The van der Waals surface area contributed by atoms with Gasteiger partial charge in [0.2, 0.25) is 0 Å². The first-order valence-corrected chi connectivity index (χ1v) is 9.28. The highest BCUT2D eigenvalue weighted by Crippen LogP contribution is 2.23. The van der Waals surface area contributed by atoms with Gasteiger partial charge in [0.05, 0.1) is 13.2 Å². The fourth-order valence-corrected chi connectivity index (χ4v) is 3.52. The maximum absolute atomic E-state index is 12.3. The number of urea groups is 1. The van der Waals surface area contributed by atoms with E-state index in [0.29, 0.717) is 6.04 Å². The highest BCUT2D eigenvalue weighted by molar-refractivity contribution is 5.90. The maximum atomic E-state index is 12.3. The van der Waals surface area contributed by atoms with Crippen molar-refractivity contribution in [1.82, 2.24) is 10.2 Å². The lowest BCUT2D eigenvalue weighted by molar-refractivity contribution is 0.122. The summed E-state index contributed by atoms with van der Waals surface area (Å²) < 4.78 is 5.40. The highest BCUT2D eigenvalue weighted by atomic mass is 16.5. The fourth-order valence-electron chi connectivity index (χ4n) is 3.52. The molecule has 0 radical (unpaired) electrons. The van der Waals surface area contributed by atoms with Gasteiger partial charge in [-0.25, -0.2) is 4.79 Å². The quantitative estimate of drug-likeness (QED) is 0.879. The van der Waals surface area contributed by atoms with Gasteiger partial charge in [-0.2, -0.15) is 0 Å². The molecule has 1 aromatic rings. The van der Waals surface area contributed by atoms with Crippen LogP contribution in [0.3, 0.4) is 0 Å². The molecule has 0 bridgehead atoms. The molecule has 0 aromatic heterocycles. The zero-order valence-corrected chi connectivity index (χ0v) is 15.5. The molecule has 2 N–H and O–H groups in total. The van der Waals surface area contributed by atoms with Crippen LogP contribution in [0.1, 0.15) is 25.8 Å². The van der Waals surface area contributed by atoms with Crippen LogP contribution in [-0.4, -0.2) is 62.4 Å². The third-order valence-corrected chi connectivity index (χ3v) is 5.12. The number of rotatable bonds is 4. The first-order valence-electron chi connectivity index (χ1n) is 9.28. The second kappa shape index (κ2) is 8.06. The van der Waals surface area contributed by atoms with E-state index < -0.39 is 0 Å². The molecule has 0 unspecified atom stereocenters. The molecular weight excluding hydrogens is 316 g/mol. The summed E-state index contributed by atoms with van der Waals surface area (Å²) >= 11 is 0. The van der Waals surface area contributed by atoms with Crippen LogP contribution in [0.4, 0.5) is 16.2 Å². The number of carbonyl (C=O) groups excluding carboxylic acids is 1. The van der Waals surface area contributed by atoms with Gasteiger partial charge in [-0.15, -0.1) is 0 Å². The van der Waals surface area contributed by atoms with Crippen molar-refractivity contribution in [3.05, 3.63) is 23.8 Å². The van der Waals surface area contributed by atoms with Crippen molar-refractivity contribution >= 4 is 17.4 Å². The van der Waals surface area contributed by atoms with E-state index in [1.54, 1.807) is 0 Å². The minimum Gasteiger partial charge on any atom is -0.378 e. The smallest absolute Gasteiger partial charge is 0.319 e. The molecule has 2 aliphatic heterocycles. The number of hydrogen-bond acceptors (Lipinski definition) is 4. The molecule has 2 saturated heterocycles. The Morgan fingerprint density at radius 2 is 2.00 bits per heavy atom. The Bertz CT molecular complexity index is 599. The number of nitrogens with one attached hydrogen (secondary N) is 2. The number of benzene rings is 1. The summed E-state index contributed by atoms with van der Waals surface area (Å²) in [7, 11) is 0. The predicted octanol–water partition coefficient (Wildman–Crippen LogP) is 2.44. The Morgan fingerprint density at radius 1 is 1.24 bits per heavy atom. The Labute approximate surface area is 150 Å². The molecule has 0 spiro atoms. The Balaban J connectivity index is 1.54. The molecule has 2 amide bonds. The van der Waals surface area contributed by atoms with Gasteiger partial charge in [0.15, 0.2) is 0 Å². The number of anilines is 2. The summed E-state index contributed by atoms with van der Waals surface area (Å²) in [6.45, 7) is 11.8. The van der Waals surface area contributed by atoms with Gasteiger partial charge in [-0.3, -0.25) is 4.90 Å². The Morgan fingerprint density at radius 3 is 2.64 bits per heavy atom. The molecule has 1 atom stereocenters. The molecule has 3 rings (SSSR count). The van der Waals surface area contributed by atoms with E-state index in [-0.39, 0.29) is 12.1 Å². The predicted molar refractivity (Wildman–Crippen MR) is 101 cm³/mol. The summed E-state index contributed by atoms with van der Waals surface area (Å²) in [6, 6.07) is 6.86. The molecule has 6 heteroatoms. The molecule has 2 heterocycles. The van der Waals surface area contributed by atoms with Crippen LogP contribution in [0.15, 0.2) is 18.2 Å². The van der Waals surface area contributed by atoms with Crippen LogP contribution in [0.5, 0.6) is 0 Å². The van der Waals surface area contributed by atoms with Crippen molar-refractivity contribution < 1.29 is 9.53 Å². The van der Waals surface area contributed by atoms with Crippen LogP contribution in [0.2, 0.25) is 0 Å². The second-order valence-electron chi connectivity index (χ2n) is 7.27. The summed E-state index contributed by atoms with van der Waals surface area (Å²) in [6.07, 6.45) is 1.01. The van der Waals surface area contributed by atoms with Crippen LogP contribution in [0.25, 0.3) is 0 Å². The van der Waals surface area contributed by atoms with Crippen molar-refractivity contribution in [2.75, 3.05) is 49.6 Å². The van der Waals surface area contributed by atoms with Crippen LogP contribution >= 0.6 is 0 Å². The molecule has 138 valence electrons. The van der Waals surface area contributed by atoms with Gasteiger partial charge in [0.25, 0.3) is 0 Å². The number of amides is 2. The normalized spacial score (nSPS) is 21.6. The molecule has 1 aromatic carbocycles. The van der Waals surface area contributed by atoms with Crippen molar-refractivity contribution in [2.45, 2.75) is 39.3 Å². The minimum atomic E-state index is -0.113. The lowest BCUT2D eigenvalue weighted by Gasteiger charge is -2.29. The lowest BCUT2D eigenvalue weighted by atomic mass is 10.1. The topological polar surface area (TPSA) is 56.8 Å². The number of aryl methyl sites for hydroxylation is 1. The van der Waals surface area contributed by atoms with Crippen LogP contribution in [0, 0.1) is 6.92 Å². The third kappa shape index (κ3) is 4.64. The number of carbonyl (C=O) groups is 1. The first-order chi connectivity index (χ1) is 12.0. The SMILES string of the molecule is Cc1cc(N2CCOCC2)ccc1NC(=O)N[C@H]1CCN(C(C)C)C1. The van der Waals surface area contributed by atoms with Crippen LogP contribution < -0.4 is 15.5 Å². The fraction of sp³-hybridized carbons (Fsp3) is 0.632. The molecule has 0 aliphatic carbocycles. The average Bonchev–Trinajstić information content (AvgIpc) is 3.06. The molecule has 25 heavy (non-hydrogen) atoms. The summed E-state index contributed by atoms with van der Waals surface area (Å²) in [5, 5.41) is 6.10. The average molecular weight is 346 g/mol. The molecule has 2 aliphatic rings. The first kappa shape index (κ1) is 18.0. The summed E-state index contributed by atoms with van der Waals surface area (Å²) in [4.78, 5) is 17.0. The number of nitrogens with zero attached hydrogens (tertiary/aromatic N) is 2. The number of likely N-dealkylation sites (tertiary alicyclic amines) is 1. The van der Waals surface area contributed by atoms with E-state index >= 15 is 0 Å². The number of ether oxygens (including phenoxy) is 1. The van der Waals surface area contributed by atoms with Crippen molar-refractivity contribution in [1.29, 1.82) is 0 Å². The van der Waals surface area contributed by atoms with E-state index in [9.17, 15) is 4.79 Å². The Hall–Kier alpha value is -1.79. The van der Waals surface area contributed by atoms with Gasteiger partial charge >= 0.3 is 6.03 Å². The van der Waals surface area contributed by atoms with Crippen molar-refractivity contribution in [3.63, 3.8) is 0 Å². The van der Waals surface area contributed by atoms with Crippen molar-refractivity contribution in [3.8, 4) is 0 Å². The van der Waals surface area contributed by atoms with Gasteiger partial charge in [0, 0.05) is 49.6 Å². The van der Waals surface area contributed by atoms with Crippen LogP contribution in [-0.2, 0) is 4.74 Å². The largest absolute Gasteiger partial charge is 0.378 e. The lowest BCUT2D eigenvalue weighted by Crippen LogP contribution is -2.40. The van der Waals surface area contributed by atoms with Gasteiger partial charge in [-0.1, -0.05) is 0 Å². The minimum absolute atomic E-state index is 0.113. The van der Waals surface area contributed by atoms with E-state index in [2.05, 4.69) is 46.4 Å². The zero-order valence-electron chi connectivity index (χ0n) is 15.5. The van der Waals surface area contributed by atoms with Gasteiger partial charge in [0.1, 0.15) is 0 Å². The molecule has 2 fully saturated rings. The van der Waals surface area contributed by atoms with E-state index in [0.717, 1.165) is 57.1 Å². The molecular formula is C19H30N4O2. The molecule has 0 saturated carbocycles. The summed E-state index contributed by atoms with van der Waals surface area (Å²) in [5.41, 5.74) is 3.14. The number of morpholine rings is 1.